The smallest absolute Gasteiger partial charge is 0.213 e. The average Bonchev–Trinajstić information content (AvgIpc) is 2.88. The first kappa shape index (κ1) is 16.2. The fourth-order valence-corrected chi connectivity index (χ4v) is 4.79. The fourth-order valence-electron chi connectivity index (χ4n) is 2.11. The Hall–Kier alpha value is -1.64. The van der Waals surface area contributed by atoms with Gasteiger partial charge in [-0.25, -0.2) is 22.3 Å². The number of halogens is 2. The van der Waals surface area contributed by atoms with Crippen LogP contribution in [0.5, 0.6) is 0 Å². The van der Waals surface area contributed by atoms with Crippen molar-refractivity contribution in [2.45, 2.75) is 21.7 Å². The predicted octanol–water partition coefficient (Wildman–Crippen LogP) is 3.38. The van der Waals surface area contributed by atoms with Crippen molar-refractivity contribution >= 4 is 38.8 Å². The summed E-state index contributed by atoms with van der Waals surface area (Å²) in [5.41, 5.74) is 0.897. The second-order valence-electron chi connectivity index (χ2n) is 4.75. The Balaban J connectivity index is 2.33. The summed E-state index contributed by atoms with van der Waals surface area (Å²) in [4.78, 5) is 4.17. The van der Waals surface area contributed by atoms with Crippen molar-refractivity contribution in [3.05, 3.63) is 47.0 Å². The van der Waals surface area contributed by atoms with Gasteiger partial charge in [-0.15, -0.1) is 11.8 Å². The lowest BCUT2D eigenvalue weighted by atomic mass is 10.3. The van der Waals surface area contributed by atoms with Gasteiger partial charge in [0, 0.05) is 11.9 Å². The first-order valence-corrected chi connectivity index (χ1v) is 9.53. The van der Waals surface area contributed by atoms with Crippen molar-refractivity contribution in [2.75, 3.05) is 6.26 Å². The molecule has 5 nitrogen and oxygen atoms in total. The number of hydrogen-bond donors (Lipinski definition) is 0. The van der Waals surface area contributed by atoms with Crippen molar-refractivity contribution in [3.8, 4) is 0 Å². The van der Waals surface area contributed by atoms with Crippen LogP contribution >= 0.6 is 23.4 Å². The molecule has 0 aliphatic rings. The van der Waals surface area contributed by atoms with Gasteiger partial charge in [0.2, 0.25) is 9.84 Å². The number of benzene rings is 1. The Morgan fingerprint density at radius 2 is 2.04 bits per heavy atom. The molecule has 0 amide bonds. The normalized spacial score (nSPS) is 12.0. The Morgan fingerprint density at radius 1 is 1.30 bits per heavy atom. The molecule has 0 fully saturated rings. The third kappa shape index (κ3) is 2.71. The highest BCUT2D eigenvalue weighted by molar-refractivity contribution is 7.99. The van der Waals surface area contributed by atoms with Crippen LogP contribution in [0, 0.1) is 12.7 Å². The number of rotatable bonds is 3. The third-order valence-corrected chi connectivity index (χ3v) is 6.09. The first-order valence-electron chi connectivity index (χ1n) is 6.44. The molecule has 2 aromatic heterocycles. The van der Waals surface area contributed by atoms with Gasteiger partial charge in [0.1, 0.15) is 10.8 Å². The highest BCUT2D eigenvalue weighted by atomic mass is 35.5. The van der Waals surface area contributed by atoms with E-state index < -0.39 is 15.7 Å². The van der Waals surface area contributed by atoms with E-state index in [9.17, 15) is 12.8 Å². The summed E-state index contributed by atoms with van der Waals surface area (Å²) in [7, 11) is -3.94. The second kappa shape index (κ2) is 5.77. The number of thioether (sulfide) groups is 1. The lowest BCUT2D eigenvalue weighted by molar-refractivity contribution is 0.593. The van der Waals surface area contributed by atoms with Crippen molar-refractivity contribution in [2.24, 2.45) is 0 Å². The van der Waals surface area contributed by atoms with Crippen molar-refractivity contribution in [1.29, 1.82) is 0 Å². The van der Waals surface area contributed by atoms with Gasteiger partial charge in [-0.3, -0.25) is 0 Å². The molecule has 1 aromatic carbocycles. The highest BCUT2D eigenvalue weighted by Crippen LogP contribution is 2.33. The van der Waals surface area contributed by atoms with Crippen LogP contribution < -0.4 is 0 Å². The quantitative estimate of drug-likeness (QED) is 0.521. The van der Waals surface area contributed by atoms with Crippen LogP contribution in [-0.2, 0) is 9.84 Å². The molecule has 0 unspecified atom stereocenters. The monoisotopic (exact) mass is 371 g/mol. The Kier molecular flexibility index (Phi) is 4.07. The molecule has 23 heavy (non-hydrogen) atoms. The molecule has 120 valence electrons. The van der Waals surface area contributed by atoms with Crippen LogP contribution in [0.4, 0.5) is 4.39 Å². The van der Waals surface area contributed by atoms with Gasteiger partial charge in [-0.1, -0.05) is 11.6 Å². The van der Waals surface area contributed by atoms with Crippen LogP contribution in [0.3, 0.4) is 0 Å². The Bertz CT molecular complexity index is 1020. The van der Waals surface area contributed by atoms with Gasteiger partial charge in [-0.05, 0) is 37.4 Å². The van der Waals surface area contributed by atoms with Crippen LogP contribution in [-0.4, -0.2) is 29.3 Å². The van der Waals surface area contributed by atoms with Gasteiger partial charge in [0.15, 0.2) is 10.5 Å². The van der Waals surface area contributed by atoms with E-state index in [-0.39, 0.29) is 20.5 Å². The van der Waals surface area contributed by atoms with Crippen LogP contribution in [0.1, 0.15) is 5.69 Å². The molecule has 0 aliphatic heterocycles. The zero-order chi connectivity index (χ0) is 16.8. The van der Waals surface area contributed by atoms with Gasteiger partial charge in [-0.2, -0.15) is 5.10 Å². The van der Waals surface area contributed by atoms with Crippen molar-refractivity contribution in [1.82, 2.24) is 14.6 Å². The molecule has 0 atom stereocenters. The molecule has 3 rings (SSSR count). The number of hydrogen-bond acceptors (Lipinski definition) is 5. The minimum Gasteiger partial charge on any atom is -0.233 e. The molecule has 3 aromatic rings. The summed E-state index contributed by atoms with van der Waals surface area (Å²) in [6.07, 6.45) is 3.37. The van der Waals surface area contributed by atoms with Crippen LogP contribution in [0.2, 0.25) is 5.02 Å². The van der Waals surface area contributed by atoms with Gasteiger partial charge in [0.25, 0.3) is 0 Å². The predicted molar refractivity (Wildman–Crippen MR) is 86.4 cm³/mol. The Morgan fingerprint density at radius 3 is 2.70 bits per heavy atom. The zero-order valence-corrected chi connectivity index (χ0v) is 14.5. The van der Waals surface area contributed by atoms with Gasteiger partial charge >= 0.3 is 0 Å². The highest BCUT2D eigenvalue weighted by Gasteiger charge is 2.29. The SMILES string of the molecule is CSc1nn2ccc(C)nc2c1S(=O)(=O)c1ccc(F)c(Cl)c1. The zero-order valence-electron chi connectivity index (χ0n) is 12.1. The molecule has 0 saturated carbocycles. The van der Waals surface area contributed by atoms with E-state index in [1.807, 2.05) is 0 Å². The summed E-state index contributed by atoms with van der Waals surface area (Å²) >= 11 is 6.92. The van der Waals surface area contributed by atoms with Crippen LogP contribution in [0.25, 0.3) is 5.65 Å². The van der Waals surface area contributed by atoms with E-state index in [1.165, 1.54) is 22.3 Å². The van der Waals surface area contributed by atoms with Crippen molar-refractivity contribution < 1.29 is 12.8 Å². The maximum absolute atomic E-state index is 13.3. The van der Waals surface area contributed by atoms with Crippen LogP contribution in [0.15, 0.2) is 45.3 Å². The maximum atomic E-state index is 13.3. The first-order chi connectivity index (χ1) is 10.8. The molecule has 0 saturated heterocycles. The molecule has 0 radical (unpaired) electrons. The summed E-state index contributed by atoms with van der Waals surface area (Å²) in [6.45, 7) is 1.76. The number of nitrogens with zero attached hydrogens (tertiary/aromatic N) is 3. The van der Waals surface area contributed by atoms with E-state index in [0.717, 1.165) is 12.1 Å². The second-order valence-corrected chi connectivity index (χ2v) is 7.84. The maximum Gasteiger partial charge on any atom is 0.213 e. The molecule has 0 aliphatic carbocycles. The molecule has 0 N–H and O–H groups in total. The fraction of sp³-hybridized carbons (Fsp3) is 0.143. The standard InChI is InChI=1S/C14H11ClFN3O2S2/c1-8-5-6-19-13(17-8)12(14(18-19)22-2)23(20,21)9-3-4-11(16)10(15)7-9/h3-7H,1-2H3. The number of aryl methyl sites for hydroxylation is 1. The van der Waals surface area contributed by atoms with E-state index in [0.29, 0.717) is 10.7 Å². The van der Waals surface area contributed by atoms with Crippen molar-refractivity contribution in [3.63, 3.8) is 0 Å². The lowest BCUT2D eigenvalue weighted by Gasteiger charge is -2.05. The minimum atomic E-state index is -3.94. The molecular formula is C14H11ClFN3O2S2. The molecule has 9 heteroatoms. The molecule has 0 bridgehead atoms. The molecule has 0 spiro atoms. The summed E-state index contributed by atoms with van der Waals surface area (Å²) in [5, 5.41) is 4.31. The van der Waals surface area contributed by atoms with Gasteiger partial charge < -0.3 is 0 Å². The summed E-state index contributed by atoms with van der Waals surface area (Å²) in [6, 6.07) is 5.03. The van der Waals surface area contributed by atoms with E-state index in [4.69, 9.17) is 11.6 Å². The third-order valence-electron chi connectivity index (χ3n) is 3.22. The summed E-state index contributed by atoms with van der Waals surface area (Å²) in [5.74, 6) is -0.676. The van der Waals surface area contributed by atoms with E-state index in [2.05, 4.69) is 10.1 Å². The molecular weight excluding hydrogens is 361 g/mol. The van der Waals surface area contributed by atoms with Gasteiger partial charge in [0.05, 0.1) is 9.92 Å². The largest absolute Gasteiger partial charge is 0.233 e. The Labute approximate surface area is 141 Å². The number of aromatic nitrogens is 3. The number of sulfone groups is 1. The van der Waals surface area contributed by atoms with E-state index >= 15 is 0 Å². The van der Waals surface area contributed by atoms with E-state index in [1.54, 1.807) is 25.4 Å². The average molecular weight is 372 g/mol. The lowest BCUT2D eigenvalue weighted by Crippen LogP contribution is -2.04. The number of fused-ring (bicyclic) bond motifs is 1. The summed E-state index contributed by atoms with van der Waals surface area (Å²) < 4.78 is 40.7. The topological polar surface area (TPSA) is 64.3 Å². The minimum absolute atomic E-state index is 0.00336. The molecule has 2 heterocycles.